The second-order valence-electron chi connectivity index (χ2n) is 4.10. The van der Waals surface area contributed by atoms with Crippen molar-refractivity contribution in [2.45, 2.75) is 26.8 Å². The van der Waals surface area contributed by atoms with Crippen molar-refractivity contribution in [3.8, 4) is 0 Å². The number of amides is 1. The van der Waals surface area contributed by atoms with Crippen LogP contribution in [-0.4, -0.2) is 41.5 Å². The summed E-state index contributed by atoms with van der Waals surface area (Å²) in [7, 11) is 1.63. The van der Waals surface area contributed by atoms with Gasteiger partial charge in [0.1, 0.15) is 0 Å². The van der Waals surface area contributed by atoms with E-state index in [1.54, 1.807) is 13.1 Å². The molecular weight excluding hydrogens is 208 g/mol. The summed E-state index contributed by atoms with van der Waals surface area (Å²) in [6.07, 6.45) is 1.58. The number of hydrogen-bond acceptors (Lipinski definition) is 3. The fourth-order valence-corrected chi connectivity index (χ4v) is 1.39. The molecular formula is C11H20N2O3. The molecule has 1 amide bonds. The van der Waals surface area contributed by atoms with Crippen LogP contribution in [0.4, 0.5) is 0 Å². The first kappa shape index (κ1) is 14.6. The van der Waals surface area contributed by atoms with Crippen molar-refractivity contribution in [3.63, 3.8) is 0 Å². The molecule has 0 rings (SSSR count). The fourth-order valence-electron chi connectivity index (χ4n) is 1.39. The monoisotopic (exact) mass is 228 g/mol. The van der Waals surface area contributed by atoms with E-state index in [1.807, 2.05) is 13.8 Å². The number of carboxylic acid groups (broad SMARTS) is 1. The van der Waals surface area contributed by atoms with E-state index >= 15 is 0 Å². The number of nitrogens with zero attached hydrogens (tertiary/aromatic N) is 1. The summed E-state index contributed by atoms with van der Waals surface area (Å²) in [5.41, 5.74) is 5.51. The molecule has 0 aliphatic rings. The lowest BCUT2D eigenvalue weighted by atomic mass is 10.00. The lowest BCUT2D eigenvalue weighted by molar-refractivity contribution is -0.133. The van der Waals surface area contributed by atoms with Crippen LogP contribution in [0.15, 0.2) is 11.6 Å². The van der Waals surface area contributed by atoms with Gasteiger partial charge in [-0.15, -0.1) is 0 Å². The van der Waals surface area contributed by atoms with Crippen LogP contribution in [0.2, 0.25) is 0 Å². The SMILES string of the molecule is C/C(=C\[C@H](C(C)C)N(C)C(=O)CN)C(=O)O. The first-order valence-electron chi connectivity index (χ1n) is 5.18. The molecule has 0 bridgehead atoms. The molecule has 0 radical (unpaired) electrons. The summed E-state index contributed by atoms with van der Waals surface area (Å²) >= 11 is 0. The third kappa shape index (κ3) is 4.02. The molecule has 0 saturated heterocycles. The second-order valence-corrected chi connectivity index (χ2v) is 4.10. The Morgan fingerprint density at radius 1 is 1.44 bits per heavy atom. The maximum Gasteiger partial charge on any atom is 0.331 e. The number of carbonyl (C=O) groups excluding carboxylic acids is 1. The molecule has 0 aliphatic heterocycles. The quantitative estimate of drug-likeness (QED) is 0.669. The number of rotatable bonds is 5. The Hall–Kier alpha value is -1.36. The maximum atomic E-state index is 11.4. The predicted octanol–water partition coefficient (Wildman–Crippen LogP) is 0.459. The largest absolute Gasteiger partial charge is 0.478 e. The van der Waals surface area contributed by atoms with Crippen LogP contribution < -0.4 is 5.73 Å². The summed E-state index contributed by atoms with van der Waals surface area (Å²) in [6, 6.07) is -0.243. The van der Waals surface area contributed by atoms with Gasteiger partial charge in [0, 0.05) is 12.6 Å². The lowest BCUT2D eigenvalue weighted by Gasteiger charge is -2.29. The minimum Gasteiger partial charge on any atom is -0.478 e. The Labute approximate surface area is 95.9 Å². The van der Waals surface area contributed by atoms with E-state index in [0.717, 1.165) is 0 Å². The lowest BCUT2D eigenvalue weighted by Crippen LogP contribution is -2.42. The van der Waals surface area contributed by atoms with Gasteiger partial charge in [0.05, 0.1) is 12.6 Å². The Balaban J connectivity index is 4.95. The Morgan fingerprint density at radius 3 is 2.25 bits per heavy atom. The third-order valence-corrected chi connectivity index (χ3v) is 2.46. The molecule has 1 atom stereocenters. The number of hydrogen-bond donors (Lipinski definition) is 2. The van der Waals surface area contributed by atoms with Gasteiger partial charge in [-0.2, -0.15) is 0 Å². The summed E-state index contributed by atoms with van der Waals surface area (Å²) in [5.74, 6) is -1.04. The molecule has 0 spiro atoms. The average molecular weight is 228 g/mol. The van der Waals surface area contributed by atoms with Gasteiger partial charge in [-0.1, -0.05) is 19.9 Å². The zero-order valence-electron chi connectivity index (χ0n) is 10.2. The Bertz CT molecular complexity index is 298. The van der Waals surface area contributed by atoms with Crippen molar-refractivity contribution >= 4 is 11.9 Å². The first-order valence-corrected chi connectivity index (χ1v) is 5.18. The number of likely N-dealkylation sites (N-methyl/N-ethyl adjacent to an activating group) is 1. The van der Waals surface area contributed by atoms with E-state index in [-0.39, 0.29) is 30.0 Å². The normalized spacial score (nSPS) is 13.8. The van der Waals surface area contributed by atoms with Gasteiger partial charge in [-0.05, 0) is 12.8 Å². The van der Waals surface area contributed by atoms with E-state index in [1.165, 1.54) is 11.8 Å². The van der Waals surface area contributed by atoms with Gasteiger partial charge in [0.25, 0.3) is 0 Å². The topological polar surface area (TPSA) is 83.6 Å². The van der Waals surface area contributed by atoms with E-state index in [9.17, 15) is 9.59 Å². The highest BCUT2D eigenvalue weighted by Gasteiger charge is 2.21. The van der Waals surface area contributed by atoms with Gasteiger partial charge in [-0.3, -0.25) is 4.79 Å². The van der Waals surface area contributed by atoms with Crippen LogP contribution in [0, 0.1) is 5.92 Å². The molecule has 92 valence electrons. The highest BCUT2D eigenvalue weighted by Crippen LogP contribution is 2.13. The summed E-state index contributed by atoms with van der Waals surface area (Å²) < 4.78 is 0. The van der Waals surface area contributed by atoms with Gasteiger partial charge < -0.3 is 15.7 Å². The van der Waals surface area contributed by atoms with Crippen molar-refractivity contribution in [1.82, 2.24) is 4.90 Å². The fraction of sp³-hybridized carbons (Fsp3) is 0.636. The van der Waals surface area contributed by atoms with Crippen LogP contribution in [0.25, 0.3) is 0 Å². The Morgan fingerprint density at radius 2 is 1.94 bits per heavy atom. The zero-order chi connectivity index (χ0) is 12.9. The highest BCUT2D eigenvalue weighted by atomic mass is 16.4. The number of carboxylic acids is 1. The van der Waals surface area contributed by atoms with E-state index < -0.39 is 5.97 Å². The van der Waals surface area contributed by atoms with E-state index in [4.69, 9.17) is 10.8 Å². The molecule has 0 saturated carbocycles. The van der Waals surface area contributed by atoms with Crippen LogP contribution >= 0.6 is 0 Å². The summed E-state index contributed by atoms with van der Waals surface area (Å²) in [6.45, 7) is 5.30. The van der Waals surface area contributed by atoms with Gasteiger partial charge in [-0.25, -0.2) is 4.79 Å². The molecule has 0 aromatic rings. The van der Waals surface area contributed by atoms with Crippen molar-refractivity contribution in [2.24, 2.45) is 11.7 Å². The molecule has 5 heteroatoms. The zero-order valence-corrected chi connectivity index (χ0v) is 10.2. The van der Waals surface area contributed by atoms with Gasteiger partial charge in [0.2, 0.25) is 5.91 Å². The van der Waals surface area contributed by atoms with Crippen molar-refractivity contribution in [1.29, 1.82) is 0 Å². The van der Waals surface area contributed by atoms with Crippen LogP contribution in [0.3, 0.4) is 0 Å². The molecule has 0 aliphatic carbocycles. The van der Waals surface area contributed by atoms with Crippen molar-refractivity contribution < 1.29 is 14.7 Å². The molecule has 3 N–H and O–H groups in total. The maximum absolute atomic E-state index is 11.4. The molecule has 0 aromatic carbocycles. The smallest absolute Gasteiger partial charge is 0.331 e. The summed E-state index contributed by atoms with van der Waals surface area (Å²) in [4.78, 5) is 23.6. The minimum absolute atomic E-state index is 0.0698. The highest BCUT2D eigenvalue weighted by molar-refractivity contribution is 5.86. The molecule has 0 unspecified atom stereocenters. The van der Waals surface area contributed by atoms with Gasteiger partial charge in [0.15, 0.2) is 0 Å². The van der Waals surface area contributed by atoms with Crippen LogP contribution in [0.5, 0.6) is 0 Å². The number of aliphatic carboxylic acids is 1. The summed E-state index contributed by atoms with van der Waals surface area (Å²) in [5, 5.41) is 8.79. The van der Waals surface area contributed by atoms with Crippen LogP contribution in [-0.2, 0) is 9.59 Å². The minimum atomic E-state index is -0.973. The first-order chi connectivity index (χ1) is 7.31. The van der Waals surface area contributed by atoms with E-state index in [2.05, 4.69) is 0 Å². The Kier molecular flexibility index (Phi) is 5.74. The molecule has 0 heterocycles. The average Bonchev–Trinajstić information content (AvgIpc) is 2.22. The van der Waals surface area contributed by atoms with Crippen molar-refractivity contribution in [3.05, 3.63) is 11.6 Å². The number of carbonyl (C=O) groups is 2. The second kappa shape index (κ2) is 6.27. The molecule has 0 fully saturated rings. The molecule has 16 heavy (non-hydrogen) atoms. The predicted molar refractivity (Wildman–Crippen MR) is 61.8 cm³/mol. The molecule has 5 nitrogen and oxygen atoms in total. The molecule has 0 aromatic heterocycles. The number of nitrogens with two attached hydrogens (primary N) is 1. The standard InChI is InChI=1S/C11H20N2O3/c1-7(2)9(5-8(3)11(15)16)13(4)10(14)6-12/h5,7,9H,6,12H2,1-4H3,(H,15,16)/b8-5+/t9-/m1/s1. The van der Waals surface area contributed by atoms with E-state index in [0.29, 0.717) is 0 Å². The van der Waals surface area contributed by atoms with Crippen LogP contribution in [0.1, 0.15) is 20.8 Å². The van der Waals surface area contributed by atoms with Gasteiger partial charge >= 0.3 is 5.97 Å². The third-order valence-electron chi connectivity index (χ3n) is 2.46. The van der Waals surface area contributed by atoms with Crippen molar-refractivity contribution in [2.75, 3.05) is 13.6 Å².